The largest absolute Gasteiger partial charge is 0.488 e. The van der Waals surface area contributed by atoms with Crippen molar-refractivity contribution in [2.75, 3.05) is 18.0 Å². The summed E-state index contributed by atoms with van der Waals surface area (Å²) >= 11 is 0. The molecule has 0 amide bonds. The van der Waals surface area contributed by atoms with E-state index in [-0.39, 0.29) is 5.82 Å². The summed E-state index contributed by atoms with van der Waals surface area (Å²) in [5.41, 5.74) is 1.24. The normalized spacial score (nSPS) is 14.4. The molecule has 8 nitrogen and oxygen atoms in total. The maximum atomic E-state index is 11.6. The first-order valence-electron chi connectivity index (χ1n) is 7.97. The first-order valence-corrected chi connectivity index (χ1v) is 7.97. The number of nitrogens with one attached hydrogen (secondary N) is 1. The van der Waals surface area contributed by atoms with E-state index in [1.807, 2.05) is 19.1 Å². The molecular weight excluding hydrogens is 324 g/mol. The lowest BCUT2D eigenvalue weighted by Gasteiger charge is -2.18. The molecule has 2 N–H and O–H groups in total. The molecule has 0 radical (unpaired) electrons. The highest BCUT2D eigenvalue weighted by molar-refractivity contribution is 5.70. The maximum Gasteiger partial charge on any atom is 0.395 e. The van der Waals surface area contributed by atoms with E-state index in [1.54, 1.807) is 6.08 Å². The van der Waals surface area contributed by atoms with Gasteiger partial charge in [0.05, 0.1) is 4.92 Å². The molecular formula is C17H18N4O4. The Bertz CT molecular complexity index is 898. The second-order valence-electron chi connectivity index (χ2n) is 5.95. The Morgan fingerprint density at radius 1 is 1.32 bits per heavy atom. The zero-order chi connectivity index (χ0) is 18.0. The third-order valence-corrected chi connectivity index (χ3v) is 4.22. The zero-order valence-electron chi connectivity index (χ0n) is 13.7. The molecule has 0 aliphatic carbocycles. The van der Waals surface area contributed by atoms with Crippen molar-refractivity contribution < 1.29 is 10.0 Å². The number of aromatic nitrogens is 2. The van der Waals surface area contributed by atoms with E-state index in [9.17, 15) is 20.0 Å². The summed E-state index contributed by atoms with van der Waals surface area (Å²) in [5.74, 6) is -0.842. The van der Waals surface area contributed by atoms with Crippen LogP contribution in [-0.4, -0.2) is 33.1 Å². The number of nitrogens with zero attached hydrogens (tertiary/aromatic N) is 3. The highest BCUT2D eigenvalue weighted by Crippen LogP contribution is 2.24. The van der Waals surface area contributed by atoms with Crippen molar-refractivity contribution in [1.82, 2.24) is 9.97 Å². The second-order valence-corrected chi connectivity index (χ2v) is 5.95. The number of hydrogen-bond acceptors (Lipinski definition) is 6. The maximum absolute atomic E-state index is 11.6. The van der Waals surface area contributed by atoms with Crippen LogP contribution in [-0.2, 0) is 0 Å². The molecule has 1 saturated heterocycles. The van der Waals surface area contributed by atoms with Crippen molar-refractivity contribution in [3.8, 4) is 5.88 Å². The Labute approximate surface area is 143 Å². The van der Waals surface area contributed by atoms with Gasteiger partial charge >= 0.3 is 11.2 Å². The quantitative estimate of drug-likeness (QED) is 0.652. The molecule has 2 heterocycles. The van der Waals surface area contributed by atoms with Gasteiger partial charge in [-0.15, -0.1) is 0 Å². The molecule has 1 fully saturated rings. The fourth-order valence-corrected chi connectivity index (χ4v) is 2.90. The van der Waals surface area contributed by atoms with E-state index in [0.717, 1.165) is 24.2 Å². The molecule has 1 aliphatic rings. The van der Waals surface area contributed by atoms with Crippen molar-refractivity contribution in [3.05, 3.63) is 55.6 Å². The third-order valence-electron chi connectivity index (χ3n) is 4.22. The first kappa shape index (κ1) is 16.7. The molecule has 25 heavy (non-hydrogen) atoms. The molecule has 1 aromatic heterocycles. The molecule has 1 aliphatic heterocycles. The number of aromatic amines is 1. The standard InChI is InChI=1S/C17H18N4O4/c1-11-10-13(20-8-2-3-9-20)6-4-12(11)5-7-14-18-16(22)15(21(24)25)17(23)19-14/h4-7,10H,2-3,8-9H2,1H3,(H2,18,19,22,23)/b7-5+. The Kier molecular flexibility index (Phi) is 4.51. The fourth-order valence-electron chi connectivity index (χ4n) is 2.90. The number of benzene rings is 1. The van der Waals surface area contributed by atoms with Crippen LogP contribution in [0.2, 0.25) is 0 Å². The smallest absolute Gasteiger partial charge is 0.395 e. The van der Waals surface area contributed by atoms with Gasteiger partial charge in [0.25, 0.3) is 5.88 Å². The minimum absolute atomic E-state index is 0.0520. The minimum atomic E-state index is -0.988. The van der Waals surface area contributed by atoms with Crippen LogP contribution >= 0.6 is 0 Å². The molecule has 1 aromatic carbocycles. The van der Waals surface area contributed by atoms with Gasteiger partial charge in [-0.3, -0.25) is 14.9 Å². The second kappa shape index (κ2) is 6.76. The number of H-pyrrole nitrogens is 1. The summed E-state index contributed by atoms with van der Waals surface area (Å²) in [4.78, 5) is 29.6. The van der Waals surface area contributed by atoms with Gasteiger partial charge in [0.15, 0.2) is 0 Å². The Morgan fingerprint density at radius 2 is 2.04 bits per heavy atom. The van der Waals surface area contributed by atoms with Crippen molar-refractivity contribution in [1.29, 1.82) is 0 Å². The van der Waals surface area contributed by atoms with Crippen LogP contribution < -0.4 is 10.5 Å². The molecule has 2 aromatic rings. The third kappa shape index (κ3) is 3.52. The van der Waals surface area contributed by atoms with E-state index in [4.69, 9.17) is 0 Å². The van der Waals surface area contributed by atoms with Crippen molar-refractivity contribution in [3.63, 3.8) is 0 Å². The summed E-state index contributed by atoms with van der Waals surface area (Å²) in [6.45, 7) is 4.13. The first-order chi connectivity index (χ1) is 12.0. The Balaban J connectivity index is 1.84. The number of nitro groups is 1. The van der Waals surface area contributed by atoms with Crippen LogP contribution in [0.5, 0.6) is 5.88 Å². The minimum Gasteiger partial charge on any atom is -0.488 e. The SMILES string of the molecule is Cc1cc(N2CCCC2)ccc1/C=C/c1nc(O)c([N+](=O)[O-])c(=O)[nH]1. The van der Waals surface area contributed by atoms with Crippen molar-refractivity contribution in [2.24, 2.45) is 0 Å². The van der Waals surface area contributed by atoms with Gasteiger partial charge in [-0.1, -0.05) is 12.1 Å². The van der Waals surface area contributed by atoms with E-state index < -0.39 is 22.0 Å². The van der Waals surface area contributed by atoms with Crippen LogP contribution in [0, 0.1) is 17.0 Å². The lowest BCUT2D eigenvalue weighted by Crippen LogP contribution is -2.17. The zero-order valence-corrected chi connectivity index (χ0v) is 13.7. The van der Waals surface area contributed by atoms with Crippen molar-refractivity contribution >= 4 is 23.5 Å². The molecule has 8 heteroatoms. The predicted octanol–water partition coefficient (Wildman–Crippen LogP) is 2.46. The van der Waals surface area contributed by atoms with Gasteiger partial charge in [0, 0.05) is 18.8 Å². The van der Waals surface area contributed by atoms with E-state index in [1.165, 1.54) is 24.6 Å². The molecule has 130 valence electrons. The average Bonchev–Trinajstić information content (AvgIpc) is 3.07. The topological polar surface area (TPSA) is 112 Å². The van der Waals surface area contributed by atoms with Crippen molar-refractivity contribution in [2.45, 2.75) is 19.8 Å². The summed E-state index contributed by atoms with van der Waals surface area (Å²) in [6, 6.07) is 6.12. The summed E-state index contributed by atoms with van der Waals surface area (Å²) < 4.78 is 0. The number of hydrogen-bond donors (Lipinski definition) is 2. The van der Waals surface area contributed by atoms with Crippen LogP contribution in [0.3, 0.4) is 0 Å². The molecule has 3 rings (SSSR count). The lowest BCUT2D eigenvalue weighted by molar-refractivity contribution is -0.387. The van der Waals surface area contributed by atoms with E-state index >= 15 is 0 Å². The summed E-state index contributed by atoms with van der Waals surface area (Å²) in [7, 11) is 0. The number of rotatable bonds is 4. The molecule has 0 atom stereocenters. The van der Waals surface area contributed by atoms with Gasteiger partial charge in [0.2, 0.25) is 0 Å². The highest BCUT2D eigenvalue weighted by atomic mass is 16.6. The van der Waals surface area contributed by atoms with Gasteiger partial charge in [-0.2, -0.15) is 4.98 Å². The highest BCUT2D eigenvalue weighted by Gasteiger charge is 2.21. The molecule has 0 bridgehead atoms. The van der Waals surface area contributed by atoms with E-state index in [0.29, 0.717) is 0 Å². The van der Waals surface area contributed by atoms with Crippen LogP contribution in [0.15, 0.2) is 23.0 Å². The number of aromatic hydroxyl groups is 1. The van der Waals surface area contributed by atoms with Crippen LogP contribution in [0.4, 0.5) is 11.4 Å². The predicted molar refractivity (Wildman–Crippen MR) is 94.7 cm³/mol. The van der Waals surface area contributed by atoms with Gasteiger partial charge < -0.3 is 15.0 Å². The lowest BCUT2D eigenvalue weighted by atomic mass is 10.1. The monoisotopic (exact) mass is 342 g/mol. The van der Waals surface area contributed by atoms with Crippen LogP contribution in [0.1, 0.15) is 29.8 Å². The van der Waals surface area contributed by atoms with Gasteiger partial charge in [0.1, 0.15) is 5.82 Å². The molecule has 0 saturated carbocycles. The van der Waals surface area contributed by atoms with Gasteiger partial charge in [-0.05, 0) is 49.1 Å². The average molecular weight is 342 g/mol. The van der Waals surface area contributed by atoms with E-state index in [2.05, 4.69) is 20.9 Å². The number of anilines is 1. The Morgan fingerprint density at radius 3 is 2.64 bits per heavy atom. The molecule has 0 spiro atoms. The molecule has 0 unspecified atom stereocenters. The summed E-state index contributed by atoms with van der Waals surface area (Å²) in [6.07, 6.45) is 5.67. The summed E-state index contributed by atoms with van der Waals surface area (Å²) in [5, 5.41) is 20.2. The van der Waals surface area contributed by atoms with Crippen LogP contribution in [0.25, 0.3) is 12.2 Å². The number of aryl methyl sites for hydroxylation is 1. The Hall–Kier alpha value is -3.16. The fraction of sp³-hybridized carbons (Fsp3) is 0.294. The van der Waals surface area contributed by atoms with Gasteiger partial charge in [-0.25, -0.2) is 0 Å².